The molecule has 1 aliphatic rings. The summed E-state index contributed by atoms with van der Waals surface area (Å²) in [6.45, 7) is 3.73. The van der Waals surface area contributed by atoms with Gasteiger partial charge in [0.1, 0.15) is 23.3 Å². The van der Waals surface area contributed by atoms with Gasteiger partial charge in [-0.3, -0.25) is 19.4 Å². The quantitative estimate of drug-likeness (QED) is 0.352. The molecule has 0 radical (unpaired) electrons. The summed E-state index contributed by atoms with van der Waals surface area (Å²) < 4.78 is 14.2. The normalized spacial score (nSPS) is 17.9. The highest BCUT2D eigenvalue weighted by atomic mass is 79.9. The Labute approximate surface area is 206 Å². The maximum atomic E-state index is 13.2. The van der Waals surface area contributed by atoms with Gasteiger partial charge < -0.3 is 0 Å². The molecule has 1 aromatic heterocycles. The van der Waals surface area contributed by atoms with E-state index < -0.39 is 17.7 Å². The van der Waals surface area contributed by atoms with Crippen LogP contribution in [0.15, 0.2) is 59.2 Å². The van der Waals surface area contributed by atoms with Gasteiger partial charge in [0.25, 0.3) is 0 Å². The Morgan fingerprint density at radius 1 is 1.09 bits per heavy atom. The third-order valence-corrected chi connectivity index (χ3v) is 6.91. The summed E-state index contributed by atoms with van der Waals surface area (Å²) in [5.41, 5.74) is 4.82. The van der Waals surface area contributed by atoms with Gasteiger partial charge in [0.15, 0.2) is 5.78 Å². The van der Waals surface area contributed by atoms with Gasteiger partial charge >= 0.3 is 0 Å². The van der Waals surface area contributed by atoms with Gasteiger partial charge in [-0.05, 0) is 78.9 Å². The van der Waals surface area contributed by atoms with Crippen molar-refractivity contribution in [2.24, 2.45) is 5.92 Å². The summed E-state index contributed by atoms with van der Waals surface area (Å²) in [4.78, 5) is 42.9. The predicted molar refractivity (Wildman–Crippen MR) is 132 cm³/mol. The van der Waals surface area contributed by atoms with Crippen LogP contribution >= 0.6 is 15.9 Å². The number of nitrogens with zero attached hydrogens (tertiary/aromatic N) is 1. The predicted octanol–water partition coefficient (Wildman–Crippen LogP) is 6.10. The van der Waals surface area contributed by atoms with Crippen LogP contribution in [0.2, 0.25) is 0 Å². The first-order valence-electron chi connectivity index (χ1n) is 11.3. The molecular formula is C28H25BrFNO3. The van der Waals surface area contributed by atoms with E-state index in [2.05, 4.69) is 20.9 Å². The Hall–Kier alpha value is -2.99. The second kappa shape index (κ2) is 10.1. The molecule has 2 atom stereocenters. The number of aryl methyl sites for hydroxylation is 3. The van der Waals surface area contributed by atoms with Crippen molar-refractivity contribution in [3.05, 3.63) is 87.3 Å². The van der Waals surface area contributed by atoms with Gasteiger partial charge in [-0.2, -0.15) is 0 Å². The molecule has 4 nitrogen and oxygen atoms in total. The lowest BCUT2D eigenvalue weighted by Gasteiger charge is -2.17. The Balaban J connectivity index is 1.48. The summed E-state index contributed by atoms with van der Waals surface area (Å²) in [6.07, 6.45) is 2.32. The van der Waals surface area contributed by atoms with E-state index in [9.17, 15) is 18.8 Å². The van der Waals surface area contributed by atoms with Gasteiger partial charge in [-0.25, -0.2) is 4.39 Å². The average Bonchev–Trinajstić information content (AvgIpc) is 3.05. The molecule has 1 aliphatic carbocycles. The van der Waals surface area contributed by atoms with Crippen molar-refractivity contribution in [2.45, 2.75) is 45.4 Å². The number of carbonyl (C=O) groups excluding carboxylic acids is 3. The van der Waals surface area contributed by atoms with Crippen LogP contribution < -0.4 is 0 Å². The van der Waals surface area contributed by atoms with E-state index in [1.54, 1.807) is 6.07 Å². The van der Waals surface area contributed by atoms with Crippen molar-refractivity contribution in [1.29, 1.82) is 0 Å². The molecule has 1 saturated carbocycles. The summed E-state index contributed by atoms with van der Waals surface area (Å²) in [5.74, 6) is -2.11. The highest BCUT2D eigenvalue weighted by Crippen LogP contribution is 2.38. The summed E-state index contributed by atoms with van der Waals surface area (Å²) in [6, 6.07) is 14.5. The van der Waals surface area contributed by atoms with E-state index in [4.69, 9.17) is 0 Å². The van der Waals surface area contributed by atoms with E-state index in [0.717, 1.165) is 32.9 Å². The van der Waals surface area contributed by atoms with Crippen LogP contribution in [0.25, 0.3) is 11.3 Å². The number of pyridine rings is 1. The second-order valence-corrected chi connectivity index (χ2v) is 9.88. The first kappa shape index (κ1) is 24.1. The zero-order chi connectivity index (χ0) is 24.4. The third kappa shape index (κ3) is 5.22. The van der Waals surface area contributed by atoms with E-state index in [1.807, 2.05) is 50.2 Å². The van der Waals surface area contributed by atoms with Crippen LogP contribution in [0, 0.1) is 25.6 Å². The molecular weight excluding hydrogens is 497 g/mol. The van der Waals surface area contributed by atoms with E-state index >= 15 is 0 Å². The molecule has 34 heavy (non-hydrogen) atoms. The number of Topliss-reactive ketones (excluding diaryl/α,β-unsaturated/α-hetero) is 3. The van der Waals surface area contributed by atoms with Gasteiger partial charge in [0.2, 0.25) is 0 Å². The number of carbonyl (C=O) groups is 3. The highest BCUT2D eigenvalue weighted by molar-refractivity contribution is 9.10. The number of benzene rings is 2. The van der Waals surface area contributed by atoms with Gasteiger partial charge in [-0.1, -0.05) is 28.1 Å². The highest BCUT2D eigenvalue weighted by Gasteiger charge is 2.43. The van der Waals surface area contributed by atoms with Crippen LogP contribution in [0.1, 0.15) is 47.4 Å². The standard InChI is InChI=1S/C28H25BrFNO3/c1-16-10-19(24-9-7-22(30)15-31-24)11-17(2)26(16)27-25(33)14-20(28(27)34)13-23(32)8-6-18-4-3-5-21(29)12-18/h3-5,7,9-12,15,20,27H,6,8,13-14H2,1-2H3. The fraction of sp³-hybridized carbons (Fsp3) is 0.286. The first-order valence-corrected chi connectivity index (χ1v) is 12.1. The topological polar surface area (TPSA) is 64.1 Å². The Morgan fingerprint density at radius 2 is 1.82 bits per heavy atom. The molecule has 4 rings (SSSR count). The van der Waals surface area contributed by atoms with E-state index in [1.165, 1.54) is 6.07 Å². The van der Waals surface area contributed by atoms with Crippen molar-refractivity contribution in [3.8, 4) is 11.3 Å². The minimum Gasteiger partial charge on any atom is -0.300 e. The zero-order valence-electron chi connectivity index (χ0n) is 19.1. The Bertz CT molecular complexity index is 1250. The van der Waals surface area contributed by atoms with Crippen molar-refractivity contribution < 1.29 is 18.8 Å². The average molecular weight is 522 g/mol. The molecule has 0 N–H and O–H groups in total. The number of hydrogen-bond donors (Lipinski definition) is 0. The summed E-state index contributed by atoms with van der Waals surface area (Å²) in [5, 5.41) is 0. The fourth-order valence-electron chi connectivity index (χ4n) is 4.81. The van der Waals surface area contributed by atoms with Gasteiger partial charge in [0, 0.05) is 35.2 Å². The maximum Gasteiger partial charge on any atom is 0.151 e. The smallest absolute Gasteiger partial charge is 0.151 e. The van der Waals surface area contributed by atoms with Crippen molar-refractivity contribution in [3.63, 3.8) is 0 Å². The van der Waals surface area contributed by atoms with E-state index in [0.29, 0.717) is 24.1 Å². The Morgan fingerprint density at radius 3 is 2.47 bits per heavy atom. The minimum absolute atomic E-state index is 0.00190. The molecule has 0 aliphatic heterocycles. The lowest BCUT2D eigenvalue weighted by Crippen LogP contribution is -2.19. The van der Waals surface area contributed by atoms with Crippen LogP contribution in [-0.4, -0.2) is 22.3 Å². The zero-order valence-corrected chi connectivity index (χ0v) is 20.7. The largest absolute Gasteiger partial charge is 0.300 e. The number of halogens is 2. The van der Waals surface area contributed by atoms with Crippen LogP contribution in [-0.2, 0) is 20.8 Å². The summed E-state index contributed by atoms with van der Waals surface area (Å²) >= 11 is 3.43. The molecule has 0 amide bonds. The van der Waals surface area contributed by atoms with E-state index in [-0.39, 0.29) is 30.2 Å². The molecule has 6 heteroatoms. The molecule has 0 bridgehead atoms. The summed E-state index contributed by atoms with van der Waals surface area (Å²) in [7, 11) is 0. The molecule has 3 aromatic rings. The molecule has 0 spiro atoms. The molecule has 174 valence electrons. The molecule has 2 unspecified atom stereocenters. The minimum atomic E-state index is -0.835. The first-order chi connectivity index (χ1) is 16.2. The monoisotopic (exact) mass is 521 g/mol. The molecule has 1 fully saturated rings. The lowest BCUT2D eigenvalue weighted by molar-refractivity contribution is -0.127. The number of hydrogen-bond acceptors (Lipinski definition) is 4. The van der Waals surface area contributed by atoms with Gasteiger partial charge in [0.05, 0.1) is 11.9 Å². The third-order valence-electron chi connectivity index (χ3n) is 6.42. The molecule has 2 aromatic carbocycles. The van der Waals surface area contributed by atoms with Crippen LogP contribution in [0.4, 0.5) is 4.39 Å². The maximum absolute atomic E-state index is 13.2. The van der Waals surface area contributed by atoms with Gasteiger partial charge in [-0.15, -0.1) is 0 Å². The van der Waals surface area contributed by atoms with Crippen molar-refractivity contribution in [2.75, 3.05) is 0 Å². The molecule has 0 saturated heterocycles. The number of ketones is 3. The Kier molecular flexibility index (Phi) is 7.17. The molecule has 1 heterocycles. The SMILES string of the molecule is Cc1cc(-c2ccc(F)cn2)cc(C)c1C1C(=O)CC(CC(=O)CCc2cccc(Br)c2)C1=O. The second-order valence-electron chi connectivity index (χ2n) is 8.96. The fourth-order valence-corrected chi connectivity index (χ4v) is 5.26. The van der Waals surface area contributed by atoms with Crippen molar-refractivity contribution >= 4 is 33.3 Å². The number of aromatic nitrogens is 1. The van der Waals surface area contributed by atoms with Crippen LogP contribution in [0.5, 0.6) is 0 Å². The van der Waals surface area contributed by atoms with Crippen LogP contribution in [0.3, 0.4) is 0 Å². The number of rotatable bonds is 7. The lowest BCUT2D eigenvalue weighted by atomic mass is 9.85. The van der Waals surface area contributed by atoms with Crippen molar-refractivity contribution in [1.82, 2.24) is 4.98 Å².